The Morgan fingerprint density at radius 3 is 2.74 bits per heavy atom. The summed E-state index contributed by atoms with van der Waals surface area (Å²) >= 11 is 6.21. The Morgan fingerprint density at radius 1 is 1.07 bits per heavy atom. The van der Waals surface area contributed by atoms with Crippen LogP contribution in [0.15, 0.2) is 48.5 Å². The Hall–Kier alpha value is -1.55. The second kappa shape index (κ2) is 8.64. The monoisotopic (exact) mass is 384 g/mol. The first-order valence-electron chi connectivity index (χ1n) is 10.1. The Labute approximate surface area is 167 Å². The fraction of sp³-hybridized carbons (Fsp3) is 0.478. The summed E-state index contributed by atoms with van der Waals surface area (Å²) in [7, 11) is 1.72. The summed E-state index contributed by atoms with van der Waals surface area (Å²) in [5.41, 5.74) is 2.49. The number of nitrogens with one attached hydrogen (secondary N) is 2. The van der Waals surface area contributed by atoms with Gasteiger partial charge in [0.2, 0.25) is 0 Å². The van der Waals surface area contributed by atoms with Crippen LogP contribution in [-0.2, 0) is 6.54 Å². The average Bonchev–Trinajstić information content (AvgIpc) is 3.07. The molecule has 4 atom stereocenters. The van der Waals surface area contributed by atoms with Crippen LogP contribution in [-0.4, -0.2) is 19.2 Å². The lowest BCUT2D eigenvalue weighted by Gasteiger charge is -2.30. The third-order valence-electron chi connectivity index (χ3n) is 6.26. The van der Waals surface area contributed by atoms with Crippen LogP contribution in [0.4, 0.5) is 0 Å². The van der Waals surface area contributed by atoms with Crippen LogP contribution in [0.5, 0.6) is 5.75 Å². The van der Waals surface area contributed by atoms with Crippen LogP contribution >= 0.6 is 11.6 Å². The molecule has 1 aliphatic heterocycles. The summed E-state index contributed by atoms with van der Waals surface area (Å²) in [6.07, 6.45) is 6.53. The molecule has 0 spiro atoms. The maximum Gasteiger partial charge on any atom is 0.123 e. The van der Waals surface area contributed by atoms with E-state index in [4.69, 9.17) is 16.3 Å². The third kappa shape index (κ3) is 4.31. The van der Waals surface area contributed by atoms with E-state index in [1.54, 1.807) is 7.11 Å². The van der Waals surface area contributed by atoms with Gasteiger partial charge in [-0.05, 0) is 55.4 Å². The molecule has 1 heterocycles. The van der Waals surface area contributed by atoms with E-state index >= 15 is 0 Å². The zero-order valence-corrected chi connectivity index (χ0v) is 16.7. The van der Waals surface area contributed by atoms with Gasteiger partial charge in [-0.3, -0.25) is 0 Å². The van der Waals surface area contributed by atoms with E-state index in [9.17, 15) is 0 Å². The zero-order chi connectivity index (χ0) is 18.6. The van der Waals surface area contributed by atoms with E-state index in [0.717, 1.165) is 28.8 Å². The molecule has 1 saturated carbocycles. The zero-order valence-electron chi connectivity index (χ0n) is 16.0. The molecule has 4 rings (SSSR count). The lowest BCUT2D eigenvalue weighted by Crippen LogP contribution is -2.43. The lowest BCUT2D eigenvalue weighted by molar-refractivity contribution is 0.348. The van der Waals surface area contributed by atoms with Crippen molar-refractivity contribution in [2.45, 2.75) is 56.8 Å². The van der Waals surface area contributed by atoms with Crippen LogP contribution < -0.4 is 15.4 Å². The molecule has 2 aromatic carbocycles. The van der Waals surface area contributed by atoms with Gasteiger partial charge >= 0.3 is 0 Å². The van der Waals surface area contributed by atoms with Crippen molar-refractivity contribution < 1.29 is 4.74 Å². The second-order valence-corrected chi connectivity index (χ2v) is 8.31. The molecule has 0 aromatic heterocycles. The predicted octanol–water partition coefficient (Wildman–Crippen LogP) is 5.10. The van der Waals surface area contributed by atoms with Crippen molar-refractivity contribution in [3.63, 3.8) is 0 Å². The number of ether oxygens (including phenoxy) is 1. The second-order valence-electron chi connectivity index (χ2n) is 7.87. The molecule has 2 fully saturated rings. The minimum atomic E-state index is 0.337. The van der Waals surface area contributed by atoms with Gasteiger partial charge < -0.3 is 15.4 Å². The molecule has 2 aromatic rings. The van der Waals surface area contributed by atoms with Gasteiger partial charge in [0.05, 0.1) is 7.11 Å². The van der Waals surface area contributed by atoms with E-state index in [2.05, 4.69) is 41.0 Å². The Kier molecular flexibility index (Phi) is 6.01. The standard InChI is InChI=1S/C23H29ClN2O/c1-27-22-13-11-19(24)14-18(22)15-25-21-12-10-16-8-5-9-20(16)26-23(21)17-6-3-2-4-7-17/h2-4,6-7,11,13-14,16,20-21,23,25-26H,5,8-10,12,15H2,1H3. The van der Waals surface area contributed by atoms with Gasteiger partial charge in [-0.15, -0.1) is 0 Å². The highest BCUT2D eigenvalue weighted by molar-refractivity contribution is 6.30. The SMILES string of the molecule is COc1ccc(Cl)cc1CNC1CCC2CCCC2NC1c1ccccc1. The normalized spacial score (nSPS) is 27.8. The number of halogens is 1. The Bertz CT molecular complexity index is 751. The number of fused-ring (bicyclic) bond motifs is 1. The maximum atomic E-state index is 6.21. The minimum Gasteiger partial charge on any atom is -0.496 e. The van der Waals surface area contributed by atoms with E-state index in [0.29, 0.717) is 18.1 Å². The number of hydrogen-bond donors (Lipinski definition) is 2. The van der Waals surface area contributed by atoms with Crippen molar-refractivity contribution in [1.82, 2.24) is 10.6 Å². The van der Waals surface area contributed by atoms with Crippen molar-refractivity contribution in [3.8, 4) is 5.75 Å². The number of methoxy groups -OCH3 is 1. The highest BCUT2D eigenvalue weighted by atomic mass is 35.5. The fourth-order valence-electron chi connectivity index (χ4n) is 4.84. The van der Waals surface area contributed by atoms with Gasteiger partial charge in [0, 0.05) is 35.3 Å². The molecule has 0 radical (unpaired) electrons. The fourth-order valence-corrected chi connectivity index (χ4v) is 5.04. The van der Waals surface area contributed by atoms with E-state index in [1.165, 1.54) is 37.7 Å². The molecule has 27 heavy (non-hydrogen) atoms. The van der Waals surface area contributed by atoms with Crippen LogP contribution in [0, 0.1) is 5.92 Å². The predicted molar refractivity (Wildman–Crippen MR) is 111 cm³/mol. The van der Waals surface area contributed by atoms with Crippen molar-refractivity contribution in [3.05, 3.63) is 64.7 Å². The Balaban J connectivity index is 1.54. The molecule has 2 N–H and O–H groups in total. The molecule has 3 nitrogen and oxygen atoms in total. The van der Waals surface area contributed by atoms with E-state index in [1.807, 2.05) is 18.2 Å². The smallest absolute Gasteiger partial charge is 0.123 e. The third-order valence-corrected chi connectivity index (χ3v) is 6.49. The molecule has 1 saturated heterocycles. The molecule has 4 heteroatoms. The quantitative estimate of drug-likeness (QED) is 0.752. The molecule has 2 aliphatic rings. The summed E-state index contributed by atoms with van der Waals surface area (Å²) < 4.78 is 5.52. The van der Waals surface area contributed by atoms with Crippen LogP contribution in [0.3, 0.4) is 0 Å². The van der Waals surface area contributed by atoms with Gasteiger partial charge in [-0.2, -0.15) is 0 Å². The number of hydrogen-bond acceptors (Lipinski definition) is 3. The summed E-state index contributed by atoms with van der Waals surface area (Å²) in [5.74, 6) is 1.71. The molecule has 0 bridgehead atoms. The average molecular weight is 385 g/mol. The van der Waals surface area contributed by atoms with Gasteiger partial charge in [-0.25, -0.2) is 0 Å². The van der Waals surface area contributed by atoms with E-state index in [-0.39, 0.29) is 0 Å². The van der Waals surface area contributed by atoms with Gasteiger partial charge in [0.25, 0.3) is 0 Å². The first-order valence-corrected chi connectivity index (χ1v) is 10.5. The molecular formula is C23H29ClN2O. The molecular weight excluding hydrogens is 356 g/mol. The van der Waals surface area contributed by atoms with Crippen molar-refractivity contribution in [2.75, 3.05) is 7.11 Å². The first-order chi connectivity index (χ1) is 13.2. The molecule has 4 unspecified atom stereocenters. The highest BCUT2D eigenvalue weighted by Gasteiger charge is 2.36. The van der Waals surface area contributed by atoms with Crippen LogP contribution in [0.25, 0.3) is 0 Å². The van der Waals surface area contributed by atoms with Crippen LogP contribution in [0.2, 0.25) is 5.02 Å². The van der Waals surface area contributed by atoms with Crippen molar-refractivity contribution >= 4 is 11.6 Å². The van der Waals surface area contributed by atoms with Crippen molar-refractivity contribution in [2.24, 2.45) is 5.92 Å². The van der Waals surface area contributed by atoms with Gasteiger partial charge in [-0.1, -0.05) is 48.4 Å². The summed E-state index contributed by atoms with van der Waals surface area (Å²) in [4.78, 5) is 0. The first kappa shape index (κ1) is 18.8. The van der Waals surface area contributed by atoms with Crippen molar-refractivity contribution in [1.29, 1.82) is 0 Å². The number of benzene rings is 2. The highest BCUT2D eigenvalue weighted by Crippen LogP contribution is 2.37. The summed E-state index contributed by atoms with van der Waals surface area (Å²) in [5, 5.41) is 8.57. The lowest BCUT2D eigenvalue weighted by atomic mass is 9.94. The van der Waals surface area contributed by atoms with Crippen LogP contribution in [0.1, 0.15) is 49.3 Å². The Morgan fingerprint density at radius 2 is 1.93 bits per heavy atom. The molecule has 144 valence electrons. The molecule has 1 aliphatic carbocycles. The summed E-state index contributed by atoms with van der Waals surface area (Å²) in [6, 6.07) is 18.1. The minimum absolute atomic E-state index is 0.337. The van der Waals surface area contributed by atoms with E-state index < -0.39 is 0 Å². The molecule has 0 amide bonds. The maximum absolute atomic E-state index is 6.21. The van der Waals surface area contributed by atoms with Gasteiger partial charge in [0.15, 0.2) is 0 Å². The van der Waals surface area contributed by atoms with Gasteiger partial charge in [0.1, 0.15) is 5.75 Å². The largest absolute Gasteiger partial charge is 0.496 e. The topological polar surface area (TPSA) is 33.3 Å². The summed E-state index contributed by atoms with van der Waals surface area (Å²) in [6.45, 7) is 0.759. The number of rotatable bonds is 5.